The summed E-state index contributed by atoms with van der Waals surface area (Å²) < 4.78 is 13.3. The second-order valence-electron chi connectivity index (χ2n) is 11.9. The van der Waals surface area contributed by atoms with E-state index in [9.17, 15) is 4.79 Å². The Hall–Kier alpha value is -5.07. The van der Waals surface area contributed by atoms with Crippen LogP contribution in [0.4, 0.5) is 11.6 Å². The Balaban J connectivity index is 1.26. The van der Waals surface area contributed by atoms with Crippen molar-refractivity contribution in [2.24, 2.45) is 17.8 Å². The Morgan fingerprint density at radius 1 is 1.11 bits per heavy atom. The zero-order valence-corrected chi connectivity index (χ0v) is 27.4. The number of aliphatic imine (C=N–C) groups is 1. The van der Waals surface area contributed by atoms with E-state index in [4.69, 9.17) is 25.3 Å². The molecule has 4 N–H and O–H groups in total. The minimum Gasteiger partial charge on any atom is -0.495 e. The predicted molar refractivity (Wildman–Crippen MR) is 184 cm³/mol. The number of carbonyl (C=O) groups excluding carboxylic acids is 1. The maximum atomic E-state index is 13.2. The Morgan fingerprint density at radius 2 is 1.89 bits per heavy atom. The molecule has 12 heteroatoms. The van der Waals surface area contributed by atoms with Crippen LogP contribution in [0.2, 0.25) is 0 Å². The van der Waals surface area contributed by atoms with Crippen LogP contribution in [0, 0.1) is 0 Å². The molecule has 4 aromatic rings. The van der Waals surface area contributed by atoms with Crippen LogP contribution in [0.5, 0.6) is 5.75 Å². The van der Waals surface area contributed by atoms with Gasteiger partial charge in [-0.3, -0.25) is 14.5 Å². The molecule has 6 rings (SSSR count). The smallest absolute Gasteiger partial charge is 0.251 e. The summed E-state index contributed by atoms with van der Waals surface area (Å²) in [5.74, 6) is 0.755. The molecule has 12 nitrogen and oxygen atoms in total. The third-order valence-electron chi connectivity index (χ3n) is 8.88. The molecule has 1 aliphatic carbocycles. The van der Waals surface area contributed by atoms with E-state index in [0.29, 0.717) is 22.9 Å². The van der Waals surface area contributed by atoms with Gasteiger partial charge in [0.2, 0.25) is 5.95 Å². The van der Waals surface area contributed by atoms with Gasteiger partial charge in [-0.1, -0.05) is 24.3 Å². The minimum absolute atomic E-state index is 0.0626. The molecule has 47 heavy (non-hydrogen) atoms. The first-order chi connectivity index (χ1) is 22.8. The quantitative estimate of drug-likeness (QED) is 0.234. The lowest BCUT2D eigenvalue weighted by Crippen LogP contribution is -2.53. The Morgan fingerprint density at radius 3 is 2.62 bits per heavy atom. The van der Waals surface area contributed by atoms with Gasteiger partial charge in [-0.15, -0.1) is 0 Å². The fraction of sp³-hybridized carbons (Fsp3) is 0.343. The van der Waals surface area contributed by atoms with Crippen LogP contribution >= 0.6 is 0 Å². The van der Waals surface area contributed by atoms with Crippen LogP contribution in [0.15, 0.2) is 59.9 Å². The standard InChI is InChI=1S/C35H41N9O3/c1-37-18-25(17-36)21-6-8-22(9-7-21)33-31-28(42-44(33)3)13-11-24-19-38-35(41-32(24)31)40-26-12-10-23(16-29(26)46-4)34(45)39-27-14-15-43(2)20-30(27)47-5/h6-10,12,16-19,27,30H,11,13-15,20,36H2,1-5H3,(H,39,45)(H,38,40,41)/b25-17+,37-18?/t27-,30-/m1/s1. The minimum atomic E-state index is -0.171. The molecule has 0 saturated carbocycles. The third kappa shape index (κ3) is 6.47. The fourth-order valence-corrected chi connectivity index (χ4v) is 6.41. The Kier molecular flexibility index (Phi) is 9.32. The lowest BCUT2D eigenvalue weighted by atomic mass is 9.91. The summed E-state index contributed by atoms with van der Waals surface area (Å²) in [5.41, 5.74) is 14.7. The summed E-state index contributed by atoms with van der Waals surface area (Å²) in [5, 5.41) is 11.3. The lowest BCUT2D eigenvalue weighted by Gasteiger charge is -2.36. The van der Waals surface area contributed by atoms with Crippen LogP contribution in [-0.2, 0) is 24.6 Å². The monoisotopic (exact) mass is 635 g/mol. The number of nitrogens with one attached hydrogen (secondary N) is 2. The average molecular weight is 636 g/mol. The SMILES string of the molecule is CN=C/C(=C\N)c1ccc(-c2c3c(nn2C)CCc2cnc(Nc4ccc(C(=O)N[C@@H]5CCN(C)C[C@H]5OC)cc4OC)nc2-3)cc1. The number of methoxy groups -OCH3 is 2. The highest BCUT2D eigenvalue weighted by atomic mass is 16.5. The number of anilines is 2. The van der Waals surface area contributed by atoms with E-state index in [2.05, 4.69) is 44.7 Å². The molecule has 2 aromatic carbocycles. The summed E-state index contributed by atoms with van der Waals surface area (Å²) >= 11 is 0. The van der Waals surface area contributed by atoms with Crippen LogP contribution in [-0.4, -0.2) is 90.3 Å². The summed E-state index contributed by atoms with van der Waals surface area (Å²) in [6, 6.07) is 13.5. The van der Waals surface area contributed by atoms with Gasteiger partial charge in [-0.25, -0.2) is 9.97 Å². The van der Waals surface area contributed by atoms with Crippen LogP contribution in [0.1, 0.15) is 33.6 Å². The molecule has 2 aromatic heterocycles. The Bertz CT molecular complexity index is 1830. The number of hydrogen-bond donors (Lipinski definition) is 3. The average Bonchev–Trinajstić information content (AvgIpc) is 3.44. The number of fused-ring (bicyclic) bond motifs is 3. The number of carbonyl (C=O) groups is 1. The van der Waals surface area contributed by atoms with Crippen LogP contribution in [0.25, 0.3) is 28.1 Å². The van der Waals surface area contributed by atoms with Crippen molar-refractivity contribution in [3.63, 3.8) is 0 Å². The number of amides is 1. The van der Waals surface area contributed by atoms with E-state index in [1.807, 2.05) is 36.1 Å². The van der Waals surface area contributed by atoms with E-state index in [-0.39, 0.29) is 18.1 Å². The van der Waals surface area contributed by atoms with E-state index >= 15 is 0 Å². The van der Waals surface area contributed by atoms with Gasteiger partial charge in [0.05, 0.1) is 42.0 Å². The van der Waals surface area contributed by atoms with Gasteiger partial charge in [0, 0.05) is 68.6 Å². The number of hydrogen-bond acceptors (Lipinski definition) is 10. The molecule has 244 valence electrons. The highest BCUT2D eigenvalue weighted by Crippen LogP contribution is 2.40. The number of nitrogens with zero attached hydrogens (tertiary/aromatic N) is 6. The van der Waals surface area contributed by atoms with Gasteiger partial charge in [0.1, 0.15) is 5.75 Å². The summed E-state index contributed by atoms with van der Waals surface area (Å²) in [6.45, 7) is 1.67. The molecule has 0 radical (unpaired) electrons. The highest BCUT2D eigenvalue weighted by molar-refractivity contribution is 6.09. The summed E-state index contributed by atoms with van der Waals surface area (Å²) in [6.07, 6.45) is 7.53. The number of allylic oxidation sites excluding steroid dienone is 1. The number of nitrogens with two attached hydrogens (primary N) is 1. The number of rotatable bonds is 9. The first-order valence-electron chi connectivity index (χ1n) is 15.7. The maximum Gasteiger partial charge on any atom is 0.251 e. The summed E-state index contributed by atoms with van der Waals surface area (Å²) in [4.78, 5) is 29.1. The van der Waals surface area contributed by atoms with Gasteiger partial charge < -0.3 is 30.7 Å². The van der Waals surface area contributed by atoms with Crippen LogP contribution in [0.3, 0.4) is 0 Å². The number of likely N-dealkylation sites (N-methyl/N-ethyl adjacent to an activating group) is 1. The number of likely N-dealkylation sites (tertiary alicyclic amines) is 1. The van der Waals surface area contributed by atoms with Crippen molar-refractivity contribution in [2.75, 3.05) is 46.7 Å². The largest absolute Gasteiger partial charge is 0.495 e. The molecule has 0 bridgehead atoms. The molecule has 3 heterocycles. The number of aryl methyl sites for hydroxylation is 3. The Labute approximate surface area is 274 Å². The van der Waals surface area contributed by atoms with Crippen molar-refractivity contribution in [2.45, 2.75) is 31.4 Å². The molecule has 1 saturated heterocycles. The molecule has 1 fully saturated rings. The molecular weight excluding hydrogens is 594 g/mol. The second-order valence-corrected chi connectivity index (χ2v) is 11.9. The van der Waals surface area contributed by atoms with Crippen molar-refractivity contribution in [3.05, 3.63) is 77.2 Å². The molecule has 0 spiro atoms. The van der Waals surface area contributed by atoms with Crippen LogP contribution < -0.4 is 21.1 Å². The molecule has 2 aliphatic rings. The maximum absolute atomic E-state index is 13.2. The number of aromatic nitrogens is 4. The van der Waals surface area contributed by atoms with Crippen molar-refractivity contribution in [1.29, 1.82) is 0 Å². The van der Waals surface area contributed by atoms with Crippen molar-refractivity contribution < 1.29 is 14.3 Å². The zero-order chi connectivity index (χ0) is 33.1. The molecular formula is C35H41N9O3. The van der Waals surface area contributed by atoms with E-state index in [1.54, 1.807) is 45.8 Å². The molecule has 1 aliphatic heterocycles. The van der Waals surface area contributed by atoms with Gasteiger partial charge in [-0.2, -0.15) is 5.10 Å². The lowest BCUT2D eigenvalue weighted by molar-refractivity contribution is 0.0142. The number of benzene rings is 2. The van der Waals surface area contributed by atoms with Gasteiger partial charge in [-0.05, 0) is 62.2 Å². The first-order valence-corrected chi connectivity index (χ1v) is 15.7. The number of piperidine rings is 1. The normalized spacial score (nSPS) is 18.1. The van der Waals surface area contributed by atoms with Crippen molar-refractivity contribution in [1.82, 2.24) is 30.0 Å². The van der Waals surface area contributed by atoms with Gasteiger partial charge in [0.25, 0.3) is 5.91 Å². The molecule has 2 atom stereocenters. The van der Waals surface area contributed by atoms with Crippen molar-refractivity contribution >= 4 is 29.3 Å². The number of ether oxygens (including phenoxy) is 2. The van der Waals surface area contributed by atoms with E-state index < -0.39 is 0 Å². The second kappa shape index (κ2) is 13.7. The zero-order valence-electron chi connectivity index (χ0n) is 27.4. The van der Waals surface area contributed by atoms with E-state index in [1.165, 1.54) is 0 Å². The molecule has 0 unspecified atom stereocenters. The third-order valence-corrected chi connectivity index (χ3v) is 8.88. The topological polar surface area (TPSA) is 145 Å². The predicted octanol–water partition coefficient (Wildman–Crippen LogP) is 3.84. The molecule has 1 amide bonds. The van der Waals surface area contributed by atoms with Gasteiger partial charge in [0.15, 0.2) is 0 Å². The van der Waals surface area contributed by atoms with Crippen molar-refractivity contribution in [3.8, 4) is 28.3 Å². The first kappa shape index (κ1) is 31.9. The van der Waals surface area contributed by atoms with Gasteiger partial charge >= 0.3 is 0 Å². The highest BCUT2D eigenvalue weighted by Gasteiger charge is 2.30. The fourth-order valence-electron chi connectivity index (χ4n) is 6.41. The van der Waals surface area contributed by atoms with E-state index in [0.717, 1.165) is 77.3 Å². The summed E-state index contributed by atoms with van der Waals surface area (Å²) in [7, 11) is 9.00.